The molecule has 1 unspecified atom stereocenters. The molecule has 0 radical (unpaired) electrons. The summed E-state index contributed by atoms with van der Waals surface area (Å²) in [6.07, 6.45) is 8.78. The first-order chi connectivity index (χ1) is 16.0. The Balaban J connectivity index is 1.27. The van der Waals surface area contributed by atoms with Gasteiger partial charge in [0.1, 0.15) is 0 Å². The standard InChI is InChI=1S/C28H35N3O2/c1-19-10-11-23(17-29-19)27(32)16-22-8-5-9-25-24(22)12-13-26(25)30-14-15-31(20(2)18-30)28(33)21-6-3-4-7-21/h5,8-11,17,20-21,26H,3-4,6-7,12-16,18H2,1-2H3/t20-,26?/m0/s1. The third-order valence-corrected chi connectivity index (χ3v) is 8.01. The minimum absolute atomic E-state index is 0.131. The normalized spacial score (nSPS) is 23.6. The van der Waals surface area contributed by atoms with Crippen molar-refractivity contribution in [2.45, 2.75) is 70.9 Å². The molecule has 174 valence electrons. The van der Waals surface area contributed by atoms with E-state index in [-0.39, 0.29) is 17.7 Å². The van der Waals surface area contributed by atoms with Crippen LogP contribution in [0.5, 0.6) is 0 Å². The van der Waals surface area contributed by atoms with Crippen LogP contribution in [0.4, 0.5) is 0 Å². The van der Waals surface area contributed by atoms with Gasteiger partial charge in [0.2, 0.25) is 5.91 Å². The Morgan fingerprint density at radius 3 is 2.61 bits per heavy atom. The summed E-state index contributed by atoms with van der Waals surface area (Å²) in [6, 6.07) is 10.9. The number of nitrogens with zero attached hydrogens (tertiary/aromatic N) is 3. The number of carbonyl (C=O) groups is 2. The molecule has 2 atom stereocenters. The van der Waals surface area contributed by atoms with Gasteiger partial charge in [-0.2, -0.15) is 0 Å². The number of aryl methyl sites for hydroxylation is 1. The fourth-order valence-electron chi connectivity index (χ4n) is 6.16. The molecule has 1 aromatic heterocycles. The molecule has 2 fully saturated rings. The zero-order valence-corrected chi connectivity index (χ0v) is 19.9. The number of hydrogen-bond acceptors (Lipinski definition) is 4. The van der Waals surface area contributed by atoms with E-state index in [0.29, 0.717) is 23.9 Å². The second-order valence-electron chi connectivity index (χ2n) is 10.2. The second-order valence-corrected chi connectivity index (χ2v) is 10.2. The number of Topliss-reactive ketones (excluding diaryl/α,β-unsaturated/α-hetero) is 1. The van der Waals surface area contributed by atoms with E-state index in [1.165, 1.54) is 24.0 Å². The summed E-state index contributed by atoms with van der Waals surface area (Å²) in [5.41, 5.74) is 5.50. The summed E-state index contributed by atoms with van der Waals surface area (Å²) in [4.78, 5) is 34.9. The van der Waals surface area contributed by atoms with Gasteiger partial charge >= 0.3 is 0 Å². The van der Waals surface area contributed by atoms with E-state index in [4.69, 9.17) is 0 Å². The van der Waals surface area contributed by atoms with E-state index >= 15 is 0 Å². The van der Waals surface area contributed by atoms with Crippen molar-refractivity contribution in [3.8, 4) is 0 Å². The van der Waals surface area contributed by atoms with Crippen molar-refractivity contribution in [3.63, 3.8) is 0 Å². The van der Waals surface area contributed by atoms with Crippen molar-refractivity contribution in [1.29, 1.82) is 0 Å². The lowest BCUT2D eigenvalue weighted by Crippen LogP contribution is -2.55. The van der Waals surface area contributed by atoms with Crippen LogP contribution >= 0.6 is 0 Å². The van der Waals surface area contributed by atoms with Gasteiger partial charge in [-0.15, -0.1) is 0 Å². The average molecular weight is 446 g/mol. The number of fused-ring (bicyclic) bond motifs is 1. The van der Waals surface area contributed by atoms with Gasteiger partial charge in [0.25, 0.3) is 0 Å². The predicted molar refractivity (Wildman–Crippen MR) is 129 cm³/mol. The van der Waals surface area contributed by atoms with Crippen LogP contribution in [-0.2, 0) is 17.6 Å². The summed E-state index contributed by atoms with van der Waals surface area (Å²) < 4.78 is 0. The highest BCUT2D eigenvalue weighted by atomic mass is 16.2. The Morgan fingerprint density at radius 1 is 1.06 bits per heavy atom. The van der Waals surface area contributed by atoms with Gasteiger partial charge in [0.05, 0.1) is 0 Å². The average Bonchev–Trinajstić information content (AvgIpc) is 3.50. The molecular formula is C28H35N3O2. The first-order valence-electron chi connectivity index (χ1n) is 12.6. The molecule has 5 heteroatoms. The maximum atomic E-state index is 13.0. The number of ketones is 1. The highest BCUT2D eigenvalue weighted by molar-refractivity contribution is 5.97. The molecule has 3 aliphatic rings. The monoisotopic (exact) mass is 445 g/mol. The van der Waals surface area contributed by atoms with Crippen LogP contribution in [-0.4, -0.2) is 52.2 Å². The highest BCUT2D eigenvalue weighted by Crippen LogP contribution is 2.39. The molecule has 5 nitrogen and oxygen atoms in total. The van der Waals surface area contributed by atoms with Crippen LogP contribution in [0.15, 0.2) is 36.5 Å². The van der Waals surface area contributed by atoms with Crippen molar-refractivity contribution >= 4 is 11.7 Å². The van der Waals surface area contributed by atoms with Crippen molar-refractivity contribution in [1.82, 2.24) is 14.8 Å². The van der Waals surface area contributed by atoms with Gasteiger partial charge in [0, 0.05) is 61.5 Å². The summed E-state index contributed by atoms with van der Waals surface area (Å²) in [5, 5.41) is 0. The van der Waals surface area contributed by atoms with Crippen molar-refractivity contribution < 1.29 is 9.59 Å². The first-order valence-corrected chi connectivity index (χ1v) is 12.6. The van der Waals surface area contributed by atoms with Crippen LogP contribution in [0.3, 0.4) is 0 Å². The molecule has 0 spiro atoms. The zero-order chi connectivity index (χ0) is 22.9. The molecule has 2 heterocycles. The molecule has 0 bridgehead atoms. The predicted octanol–water partition coefficient (Wildman–Crippen LogP) is 4.53. The number of rotatable bonds is 5. The number of aromatic nitrogens is 1. The van der Waals surface area contributed by atoms with E-state index in [1.807, 2.05) is 19.1 Å². The van der Waals surface area contributed by atoms with Gasteiger partial charge in [-0.25, -0.2) is 0 Å². The van der Waals surface area contributed by atoms with Gasteiger partial charge in [-0.1, -0.05) is 31.0 Å². The third-order valence-electron chi connectivity index (χ3n) is 8.01. The highest BCUT2D eigenvalue weighted by Gasteiger charge is 2.37. The van der Waals surface area contributed by atoms with Crippen molar-refractivity contribution in [3.05, 3.63) is 64.5 Å². The van der Waals surface area contributed by atoms with E-state index in [9.17, 15) is 9.59 Å². The Hall–Kier alpha value is -2.53. The van der Waals surface area contributed by atoms with Crippen molar-refractivity contribution in [2.75, 3.05) is 19.6 Å². The fraction of sp³-hybridized carbons (Fsp3) is 0.536. The van der Waals surface area contributed by atoms with E-state index in [0.717, 1.165) is 56.6 Å². The SMILES string of the molecule is Cc1ccc(C(=O)Cc2cccc3c2CCC3N2CCN(C(=O)C3CCCC3)[C@@H](C)C2)cn1. The lowest BCUT2D eigenvalue weighted by atomic mass is 9.96. The topological polar surface area (TPSA) is 53.5 Å². The zero-order valence-electron chi connectivity index (χ0n) is 19.9. The van der Waals surface area contributed by atoms with Gasteiger partial charge in [-0.05, 0) is 68.4 Å². The van der Waals surface area contributed by atoms with Gasteiger partial charge < -0.3 is 4.90 Å². The summed E-state index contributed by atoms with van der Waals surface area (Å²) in [6.45, 7) is 6.84. The molecule has 1 amide bonds. The lowest BCUT2D eigenvalue weighted by molar-refractivity contribution is -0.140. The molecule has 33 heavy (non-hydrogen) atoms. The Kier molecular flexibility index (Phi) is 6.33. The van der Waals surface area contributed by atoms with Crippen LogP contribution < -0.4 is 0 Å². The molecule has 5 rings (SSSR count). The van der Waals surface area contributed by atoms with E-state index in [1.54, 1.807) is 6.20 Å². The minimum atomic E-state index is 0.131. The summed E-state index contributed by atoms with van der Waals surface area (Å²) >= 11 is 0. The number of pyridine rings is 1. The van der Waals surface area contributed by atoms with Crippen LogP contribution in [0.25, 0.3) is 0 Å². The van der Waals surface area contributed by atoms with Gasteiger partial charge in [-0.3, -0.25) is 19.5 Å². The van der Waals surface area contributed by atoms with E-state index in [2.05, 4.69) is 39.9 Å². The van der Waals surface area contributed by atoms with Crippen LogP contribution in [0, 0.1) is 12.8 Å². The molecule has 2 aromatic rings. The fourth-order valence-corrected chi connectivity index (χ4v) is 6.16. The summed E-state index contributed by atoms with van der Waals surface area (Å²) in [5.74, 6) is 0.778. The summed E-state index contributed by atoms with van der Waals surface area (Å²) in [7, 11) is 0. The minimum Gasteiger partial charge on any atom is -0.337 e. The maximum Gasteiger partial charge on any atom is 0.226 e. The molecule has 1 aliphatic heterocycles. The maximum absolute atomic E-state index is 13.0. The largest absolute Gasteiger partial charge is 0.337 e. The third kappa shape index (κ3) is 4.48. The molecular weight excluding hydrogens is 410 g/mol. The Bertz CT molecular complexity index is 1030. The first kappa shape index (κ1) is 22.3. The quantitative estimate of drug-likeness (QED) is 0.635. The van der Waals surface area contributed by atoms with Gasteiger partial charge in [0.15, 0.2) is 5.78 Å². The Labute approximate surface area is 197 Å². The smallest absolute Gasteiger partial charge is 0.226 e. The van der Waals surface area contributed by atoms with Crippen LogP contribution in [0.1, 0.15) is 77.8 Å². The molecule has 1 aromatic carbocycles. The molecule has 2 aliphatic carbocycles. The Morgan fingerprint density at radius 2 is 1.88 bits per heavy atom. The number of carbonyl (C=O) groups excluding carboxylic acids is 2. The second kappa shape index (κ2) is 9.38. The molecule has 1 saturated heterocycles. The molecule has 0 N–H and O–H groups in total. The lowest BCUT2D eigenvalue weighted by Gasteiger charge is -2.43. The molecule has 1 saturated carbocycles. The number of hydrogen-bond donors (Lipinski definition) is 0. The number of piperazine rings is 1. The van der Waals surface area contributed by atoms with Crippen molar-refractivity contribution in [2.24, 2.45) is 5.92 Å². The number of benzene rings is 1. The number of amides is 1. The van der Waals surface area contributed by atoms with Crippen LogP contribution in [0.2, 0.25) is 0 Å². The van der Waals surface area contributed by atoms with E-state index < -0.39 is 0 Å².